The number of rotatable bonds is 9. The zero-order valence-corrected chi connectivity index (χ0v) is 14.2. The third kappa shape index (κ3) is 5.26. The van der Waals surface area contributed by atoms with Crippen LogP contribution in [0, 0.1) is 12.3 Å². The first kappa shape index (κ1) is 18.4. The molecule has 0 amide bonds. The Morgan fingerprint density at radius 2 is 2.10 bits per heavy atom. The van der Waals surface area contributed by atoms with Gasteiger partial charge in [-0.2, -0.15) is 17.0 Å². The largest absolute Gasteiger partial charge is 0.315 e. The first-order valence-corrected chi connectivity index (χ1v) is 9.38. The summed E-state index contributed by atoms with van der Waals surface area (Å²) in [7, 11) is -3.45. The van der Waals surface area contributed by atoms with Gasteiger partial charge in [-0.15, -0.1) is 6.42 Å². The second kappa shape index (κ2) is 9.42. The zero-order valence-electron chi connectivity index (χ0n) is 13.3. The minimum absolute atomic E-state index is 0.0485. The fraction of sp³-hybridized carbons (Fsp3) is 0.867. The van der Waals surface area contributed by atoms with Gasteiger partial charge in [0.25, 0.3) is 10.2 Å². The van der Waals surface area contributed by atoms with Gasteiger partial charge in [0.2, 0.25) is 0 Å². The van der Waals surface area contributed by atoms with E-state index in [-0.39, 0.29) is 12.6 Å². The van der Waals surface area contributed by atoms with Gasteiger partial charge in [-0.25, -0.2) is 0 Å². The number of terminal acetylenes is 1. The Labute approximate surface area is 130 Å². The molecule has 0 aromatic rings. The van der Waals surface area contributed by atoms with Crippen molar-refractivity contribution in [3.63, 3.8) is 0 Å². The first-order chi connectivity index (χ1) is 10.1. The summed E-state index contributed by atoms with van der Waals surface area (Å²) >= 11 is 0. The fourth-order valence-corrected chi connectivity index (χ4v) is 4.57. The van der Waals surface area contributed by atoms with Gasteiger partial charge in [-0.05, 0) is 32.2 Å². The molecule has 0 aliphatic carbocycles. The molecule has 122 valence electrons. The highest BCUT2D eigenvalue weighted by atomic mass is 32.2. The van der Waals surface area contributed by atoms with E-state index in [2.05, 4.69) is 18.2 Å². The van der Waals surface area contributed by atoms with E-state index in [1.807, 2.05) is 6.92 Å². The third-order valence-electron chi connectivity index (χ3n) is 3.74. The van der Waals surface area contributed by atoms with Crippen molar-refractivity contribution in [3.8, 4) is 12.3 Å². The number of nitrogens with one attached hydrogen (secondary N) is 1. The quantitative estimate of drug-likeness (QED) is 0.517. The van der Waals surface area contributed by atoms with Crippen LogP contribution in [0.15, 0.2) is 0 Å². The second-order valence-corrected chi connectivity index (χ2v) is 7.39. The van der Waals surface area contributed by atoms with Crippen molar-refractivity contribution in [3.05, 3.63) is 0 Å². The van der Waals surface area contributed by atoms with E-state index in [1.165, 1.54) is 4.31 Å². The highest BCUT2D eigenvalue weighted by Crippen LogP contribution is 2.22. The van der Waals surface area contributed by atoms with Crippen LogP contribution >= 0.6 is 0 Å². The van der Waals surface area contributed by atoms with Gasteiger partial charge < -0.3 is 5.32 Å². The van der Waals surface area contributed by atoms with Gasteiger partial charge in [0, 0.05) is 25.7 Å². The first-order valence-electron chi connectivity index (χ1n) is 7.99. The lowest BCUT2D eigenvalue weighted by Crippen LogP contribution is -2.53. The summed E-state index contributed by atoms with van der Waals surface area (Å²) in [5.74, 6) is 2.47. The van der Waals surface area contributed by atoms with E-state index in [1.54, 1.807) is 4.31 Å². The fourth-order valence-electron chi connectivity index (χ4n) is 2.70. The Morgan fingerprint density at radius 3 is 2.71 bits per heavy atom. The van der Waals surface area contributed by atoms with Crippen LogP contribution in [0.5, 0.6) is 0 Å². The molecule has 0 saturated carbocycles. The number of nitrogens with zero attached hydrogens (tertiary/aromatic N) is 2. The van der Waals surface area contributed by atoms with E-state index in [0.717, 1.165) is 45.2 Å². The number of hydrogen-bond acceptors (Lipinski definition) is 3. The maximum Gasteiger partial charge on any atom is 0.283 e. The molecule has 5 nitrogen and oxygen atoms in total. The van der Waals surface area contributed by atoms with Crippen LogP contribution in [-0.2, 0) is 10.2 Å². The van der Waals surface area contributed by atoms with Crippen LogP contribution in [-0.4, -0.2) is 55.8 Å². The normalized spacial score (nSPS) is 20.6. The maximum atomic E-state index is 12.8. The smallest absolute Gasteiger partial charge is 0.283 e. The molecule has 1 rings (SSSR count). The second-order valence-electron chi connectivity index (χ2n) is 5.51. The highest BCUT2D eigenvalue weighted by Gasteiger charge is 2.35. The summed E-state index contributed by atoms with van der Waals surface area (Å²) in [6.45, 7) is 6.97. The average Bonchev–Trinajstić information content (AvgIpc) is 2.47. The van der Waals surface area contributed by atoms with Gasteiger partial charge in [-0.1, -0.05) is 26.2 Å². The molecular weight excluding hydrogens is 286 g/mol. The van der Waals surface area contributed by atoms with Crippen molar-refractivity contribution < 1.29 is 8.42 Å². The molecule has 0 aromatic heterocycles. The Morgan fingerprint density at radius 1 is 1.33 bits per heavy atom. The third-order valence-corrected chi connectivity index (χ3v) is 5.78. The van der Waals surface area contributed by atoms with E-state index in [9.17, 15) is 8.42 Å². The lowest BCUT2D eigenvalue weighted by Gasteiger charge is -2.37. The van der Waals surface area contributed by atoms with Crippen LogP contribution in [0.25, 0.3) is 0 Å². The Kier molecular flexibility index (Phi) is 8.27. The molecule has 1 saturated heterocycles. The zero-order chi connectivity index (χ0) is 15.7. The molecule has 1 atom stereocenters. The number of piperidine rings is 1. The van der Waals surface area contributed by atoms with Crippen LogP contribution < -0.4 is 5.32 Å². The van der Waals surface area contributed by atoms with Gasteiger partial charge in [-0.3, -0.25) is 0 Å². The molecule has 0 bridgehead atoms. The predicted molar refractivity (Wildman–Crippen MR) is 87.1 cm³/mol. The van der Waals surface area contributed by atoms with Crippen LogP contribution in [0.1, 0.15) is 46.0 Å². The van der Waals surface area contributed by atoms with E-state index >= 15 is 0 Å². The molecule has 0 spiro atoms. The average molecular weight is 315 g/mol. The summed E-state index contributed by atoms with van der Waals surface area (Å²) in [5.41, 5.74) is 0. The number of hydrogen-bond donors (Lipinski definition) is 1. The molecule has 0 radical (unpaired) electrons. The molecular formula is C15H29N3O2S. The van der Waals surface area contributed by atoms with Crippen molar-refractivity contribution >= 4 is 10.2 Å². The molecule has 1 heterocycles. The van der Waals surface area contributed by atoms with Gasteiger partial charge >= 0.3 is 0 Å². The van der Waals surface area contributed by atoms with E-state index < -0.39 is 10.2 Å². The molecule has 1 aliphatic rings. The maximum absolute atomic E-state index is 12.8. The van der Waals surface area contributed by atoms with Crippen molar-refractivity contribution in [2.75, 3.05) is 32.7 Å². The van der Waals surface area contributed by atoms with Crippen molar-refractivity contribution in [1.82, 2.24) is 13.9 Å². The standard InChI is InChI=1S/C15H29N3O2S/c1-4-10-16-14-15-9-7-8-13-18(15)21(19,20)17(11-5-2)12-6-3/h2,15-16H,4,6-14H2,1,3H3. The van der Waals surface area contributed by atoms with E-state index in [4.69, 9.17) is 6.42 Å². The highest BCUT2D eigenvalue weighted by molar-refractivity contribution is 7.86. The summed E-state index contributed by atoms with van der Waals surface area (Å²) in [6.07, 6.45) is 10.1. The van der Waals surface area contributed by atoms with Crippen molar-refractivity contribution in [1.29, 1.82) is 0 Å². The lowest BCUT2D eigenvalue weighted by molar-refractivity contribution is 0.228. The van der Waals surface area contributed by atoms with Crippen LogP contribution in [0.3, 0.4) is 0 Å². The summed E-state index contributed by atoms with van der Waals surface area (Å²) in [6, 6.07) is 0.0485. The van der Waals surface area contributed by atoms with Gasteiger partial charge in [0.1, 0.15) is 0 Å². The van der Waals surface area contributed by atoms with E-state index in [0.29, 0.717) is 13.1 Å². The monoisotopic (exact) mass is 315 g/mol. The van der Waals surface area contributed by atoms with Gasteiger partial charge in [0.05, 0.1) is 6.54 Å². The molecule has 1 N–H and O–H groups in total. The molecule has 1 unspecified atom stereocenters. The summed E-state index contributed by atoms with van der Waals surface area (Å²) in [4.78, 5) is 0. The minimum atomic E-state index is -3.45. The molecule has 0 aromatic carbocycles. The predicted octanol–water partition coefficient (Wildman–Crippen LogP) is 1.43. The molecule has 1 aliphatic heterocycles. The Bertz CT molecular complexity index is 431. The molecule has 6 heteroatoms. The SMILES string of the molecule is C#CCN(CCC)S(=O)(=O)N1CCCCC1CNCCC. The van der Waals surface area contributed by atoms with Crippen molar-refractivity contribution in [2.45, 2.75) is 52.0 Å². The van der Waals surface area contributed by atoms with Crippen LogP contribution in [0.4, 0.5) is 0 Å². The summed E-state index contributed by atoms with van der Waals surface area (Å²) < 4.78 is 28.8. The van der Waals surface area contributed by atoms with Gasteiger partial charge in [0.15, 0.2) is 0 Å². The molecule has 1 fully saturated rings. The van der Waals surface area contributed by atoms with Crippen molar-refractivity contribution in [2.24, 2.45) is 0 Å². The topological polar surface area (TPSA) is 52.7 Å². The lowest BCUT2D eigenvalue weighted by atomic mass is 10.1. The molecule has 21 heavy (non-hydrogen) atoms. The summed E-state index contributed by atoms with van der Waals surface area (Å²) in [5, 5.41) is 3.34. The van der Waals surface area contributed by atoms with Crippen LogP contribution in [0.2, 0.25) is 0 Å². The Hall–Kier alpha value is -0.610. The minimum Gasteiger partial charge on any atom is -0.315 e. The Balaban J connectivity index is 2.82.